The summed E-state index contributed by atoms with van der Waals surface area (Å²) in [7, 11) is 0. The Hall–Kier alpha value is -1.11. The number of nitrogens with zero attached hydrogens (tertiary/aromatic N) is 1. The highest BCUT2D eigenvalue weighted by molar-refractivity contribution is 14.1. The van der Waals surface area contributed by atoms with E-state index in [1.54, 1.807) is 4.90 Å². The van der Waals surface area contributed by atoms with Crippen LogP contribution in [0.25, 0.3) is 0 Å². The largest absolute Gasteiger partial charge is 0.344 e. The Bertz CT molecular complexity index is 487. The van der Waals surface area contributed by atoms with E-state index in [2.05, 4.69) is 27.9 Å². The van der Waals surface area contributed by atoms with Crippen LogP contribution in [0, 0.1) is 3.57 Å². The van der Waals surface area contributed by atoms with Crippen molar-refractivity contribution in [3.63, 3.8) is 0 Å². The van der Waals surface area contributed by atoms with Crippen LogP contribution in [-0.4, -0.2) is 29.3 Å². The number of amides is 2. The minimum atomic E-state index is -0.362. The summed E-state index contributed by atoms with van der Waals surface area (Å²) < 4.78 is 1.18. The van der Waals surface area contributed by atoms with E-state index in [-0.39, 0.29) is 17.9 Å². The fourth-order valence-electron chi connectivity index (χ4n) is 2.35. The molecule has 2 rings (SSSR count). The molecule has 1 heterocycles. The van der Waals surface area contributed by atoms with Gasteiger partial charge in [0.05, 0.1) is 0 Å². The highest BCUT2D eigenvalue weighted by atomic mass is 127. The van der Waals surface area contributed by atoms with Gasteiger partial charge in [-0.1, -0.05) is 25.5 Å². The zero-order valence-electron chi connectivity index (χ0n) is 11.6. The maximum absolute atomic E-state index is 12.5. The van der Waals surface area contributed by atoms with Gasteiger partial charge in [-0.2, -0.15) is 0 Å². The van der Waals surface area contributed by atoms with Crippen molar-refractivity contribution in [3.05, 3.63) is 33.4 Å². The molecule has 0 radical (unpaired) electrons. The van der Waals surface area contributed by atoms with E-state index in [1.807, 2.05) is 31.2 Å². The third-order valence-electron chi connectivity index (χ3n) is 3.42. The van der Waals surface area contributed by atoms with Crippen LogP contribution in [0.3, 0.4) is 0 Å². The molecular formula is C15H19IN2O2. The highest BCUT2D eigenvalue weighted by Crippen LogP contribution is 2.14. The van der Waals surface area contributed by atoms with Gasteiger partial charge in [-0.05, 0) is 46.7 Å². The quantitative estimate of drug-likeness (QED) is 0.808. The number of hydrogen-bond acceptors (Lipinski definition) is 2. The van der Waals surface area contributed by atoms with Gasteiger partial charge in [0.1, 0.15) is 6.04 Å². The Morgan fingerprint density at radius 1 is 1.30 bits per heavy atom. The molecule has 20 heavy (non-hydrogen) atoms. The van der Waals surface area contributed by atoms with E-state index in [0.717, 1.165) is 12.0 Å². The number of benzene rings is 1. The van der Waals surface area contributed by atoms with Crippen molar-refractivity contribution in [2.45, 2.75) is 38.8 Å². The first-order valence-electron chi connectivity index (χ1n) is 6.92. The van der Waals surface area contributed by atoms with Crippen LogP contribution in [0.4, 0.5) is 0 Å². The van der Waals surface area contributed by atoms with E-state index in [1.165, 1.54) is 3.57 Å². The summed E-state index contributed by atoms with van der Waals surface area (Å²) in [6, 6.07) is 7.77. The Kier molecular flexibility index (Phi) is 5.39. The van der Waals surface area contributed by atoms with E-state index in [0.29, 0.717) is 25.9 Å². The summed E-state index contributed by atoms with van der Waals surface area (Å²) >= 11 is 2.26. The second kappa shape index (κ2) is 7.06. The first-order valence-corrected chi connectivity index (χ1v) is 8.00. The summed E-state index contributed by atoms with van der Waals surface area (Å²) in [5.41, 5.74) is 1.10. The van der Waals surface area contributed by atoms with Crippen LogP contribution < -0.4 is 5.32 Å². The molecule has 1 aliphatic heterocycles. The van der Waals surface area contributed by atoms with Crippen molar-refractivity contribution in [1.29, 1.82) is 0 Å². The molecule has 0 bridgehead atoms. The molecule has 1 fully saturated rings. The Morgan fingerprint density at radius 3 is 2.65 bits per heavy atom. The predicted molar refractivity (Wildman–Crippen MR) is 86.0 cm³/mol. The normalized spacial score (nSPS) is 19.7. The maximum atomic E-state index is 12.5. The molecule has 1 saturated heterocycles. The van der Waals surface area contributed by atoms with Gasteiger partial charge in [0.15, 0.2) is 0 Å². The molecule has 1 aliphatic rings. The van der Waals surface area contributed by atoms with E-state index >= 15 is 0 Å². The van der Waals surface area contributed by atoms with Gasteiger partial charge in [0.2, 0.25) is 11.8 Å². The number of carbonyl (C=O) groups excluding carboxylic acids is 2. The topological polar surface area (TPSA) is 49.4 Å². The van der Waals surface area contributed by atoms with Crippen molar-refractivity contribution in [2.24, 2.45) is 0 Å². The first-order chi connectivity index (χ1) is 9.60. The molecule has 4 nitrogen and oxygen atoms in total. The third-order valence-corrected chi connectivity index (χ3v) is 4.14. The summed E-state index contributed by atoms with van der Waals surface area (Å²) in [5, 5.41) is 2.82. The van der Waals surface area contributed by atoms with E-state index in [4.69, 9.17) is 0 Å². The smallest absolute Gasteiger partial charge is 0.245 e. The van der Waals surface area contributed by atoms with Crippen molar-refractivity contribution in [1.82, 2.24) is 10.2 Å². The molecule has 0 aliphatic carbocycles. The molecule has 0 spiro atoms. The van der Waals surface area contributed by atoms with Gasteiger partial charge in [-0.3, -0.25) is 9.59 Å². The van der Waals surface area contributed by atoms with E-state index < -0.39 is 0 Å². The first kappa shape index (κ1) is 15.3. The summed E-state index contributed by atoms with van der Waals surface area (Å²) in [5.74, 6) is 0.0122. The fourth-order valence-corrected chi connectivity index (χ4v) is 2.71. The van der Waals surface area contributed by atoms with Gasteiger partial charge in [-0.25, -0.2) is 0 Å². The van der Waals surface area contributed by atoms with Crippen molar-refractivity contribution >= 4 is 34.4 Å². The average molecular weight is 386 g/mol. The molecule has 2 amide bonds. The highest BCUT2D eigenvalue weighted by Gasteiger charge is 2.28. The summed E-state index contributed by atoms with van der Waals surface area (Å²) in [6.07, 6.45) is 1.97. The van der Waals surface area contributed by atoms with Gasteiger partial charge >= 0.3 is 0 Å². The van der Waals surface area contributed by atoms with Crippen molar-refractivity contribution in [2.75, 3.05) is 6.54 Å². The molecule has 0 saturated carbocycles. The molecule has 1 N–H and O–H groups in total. The number of nitrogens with one attached hydrogen (secondary N) is 1. The lowest BCUT2D eigenvalue weighted by Gasteiger charge is -2.24. The van der Waals surface area contributed by atoms with Gasteiger partial charge < -0.3 is 10.2 Å². The second-order valence-corrected chi connectivity index (χ2v) is 6.29. The lowest BCUT2D eigenvalue weighted by Crippen LogP contribution is -2.44. The standard InChI is InChI=1S/C15H19IN2O2/c1-2-3-13-15(20)18(9-8-14(19)17-13)10-11-4-6-12(16)7-5-11/h4-7,13H,2-3,8-10H2,1H3,(H,17,19). The molecule has 1 unspecified atom stereocenters. The number of rotatable bonds is 4. The average Bonchev–Trinajstić information content (AvgIpc) is 2.55. The molecule has 108 valence electrons. The molecule has 1 aromatic rings. The lowest BCUT2D eigenvalue weighted by atomic mass is 10.1. The van der Waals surface area contributed by atoms with Gasteiger partial charge in [-0.15, -0.1) is 0 Å². The molecular weight excluding hydrogens is 367 g/mol. The van der Waals surface area contributed by atoms with E-state index in [9.17, 15) is 9.59 Å². The number of hydrogen-bond donors (Lipinski definition) is 1. The fraction of sp³-hybridized carbons (Fsp3) is 0.467. The van der Waals surface area contributed by atoms with Gasteiger partial charge in [0.25, 0.3) is 0 Å². The summed E-state index contributed by atoms with van der Waals surface area (Å²) in [4.78, 5) is 25.9. The number of halogens is 1. The van der Waals surface area contributed by atoms with Crippen molar-refractivity contribution < 1.29 is 9.59 Å². The summed E-state index contributed by atoms with van der Waals surface area (Å²) in [6.45, 7) is 3.09. The SMILES string of the molecule is CCCC1NC(=O)CCN(Cc2ccc(I)cc2)C1=O. The molecule has 1 atom stereocenters. The Labute approximate surface area is 133 Å². The zero-order valence-corrected chi connectivity index (χ0v) is 13.7. The van der Waals surface area contributed by atoms with Crippen LogP contribution in [0.2, 0.25) is 0 Å². The van der Waals surface area contributed by atoms with Crippen LogP contribution in [-0.2, 0) is 16.1 Å². The van der Waals surface area contributed by atoms with Crippen molar-refractivity contribution in [3.8, 4) is 0 Å². The Balaban J connectivity index is 2.10. The minimum Gasteiger partial charge on any atom is -0.344 e. The molecule has 1 aromatic carbocycles. The van der Waals surface area contributed by atoms with Crippen LogP contribution in [0.5, 0.6) is 0 Å². The second-order valence-electron chi connectivity index (χ2n) is 5.05. The lowest BCUT2D eigenvalue weighted by molar-refractivity contribution is -0.134. The van der Waals surface area contributed by atoms with Crippen LogP contribution in [0.1, 0.15) is 31.7 Å². The zero-order chi connectivity index (χ0) is 14.5. The third kappa shape index (κ3) is 3.94. The molecule has 5 heteroatoms. The van der Waals surface area contributed by atoms with Crippen LogP contribution in [0.15, 0.2) is 24.3 Å². The maximum Gasteiger partial charge on any atom is 0.245 e. The van der Waals surface area contributed by atoms with Gasteiger partial charge in [0, 0.05) is 23.1 Å². The minimum absolute atomic E-state index is 0.0260. The predicted octanol–water partition coefficient (Wildman–Crippen LogP) is 2.31. The molecule has 0 aromatic heterocycles. The monoisotopic (exact) mass is 386 g/mol. The van der Waals surface area contributed by atoms with Crippen LogP contribution >= 0.6 is 22.6 Å². The number of carbonyl (C=O) groups is 2. The Morgan fingerprint density at radius 2 is 2.00 bits per heavy atom.